The highest BCUT2D eigenvalue weighted by Crippen LogP contribution is 2.51. The van der Waals surface area contributed by atoms with Gasteiger partial charge in [-0.05, 0) is 33.1 Å². The molecule has 0 saturated heterocycles. The van der Waals surface area contributed by atoms with Crippen molar-refractivity contribution in [2.24, 2.45) is 0 Å². The highest BCUT2D eigenvalue weighted by molar-refractivity contribution is 7.48. The number of hydrogen-bond donors (Lipinski definition) is 0. The molecular weight excluding hydrogens is 227 g/mol. The van der Waals surface area contributed by atoms with E-state index < -0.39 is 7.82 Å². The van der Waals surface area contributed by atoms with Gasteiger partial charge >= 0.3 is 7.82 Å². The smallest absolute Gasteiger partial charge is 0.287 e. The SMILES string of the molecule is CCOP(=O)(OCC)O[C@H]1C=CCCCC1. The molecule has 1 rings (SSSR count). The van der Waals surface area contributed by atoms with E-state index in [-0.39, 0.29) is 6.10 Å². The average molecular weight is 248 g/mol. The van der Waals surface area contributed by atoms with Crippen LogP contribution in [-0.4, -0.2) is 19.3 Å². The molecule has 0 aromatic rings. The molecule has 1 atom stereocenters. The van der Waals surface area contributed by atoms with Crippen molar-refractivity contribution in [1.29, 1.82) is 0 Å². The summed E-state index contributed by atoms with van der Waals surface area (Å²) in [6, 6.07) is 0. The second kappa shape index (κ2) is 7.23. The molecule has 0 saturated carbocycles. The number of rotatable bonds is 6. The van der Waals surface area contributed by atoms with Gasteiger partial charge in [0.1, 0.15) is 0 Å². The van der Waals surface area contributed by atoms with E-state index in [2.05, 4.69) is 6.08 Å². The Morgan fingerprint density at radius 2 is 1.94 bits per heavy atom. The van der Waals surface area contributed by atoms with Crippen molar-refractivity contribution in [2.45, 2.75) is 45.6 Å². The molecule has 1 aliphatic carbocycles. The Morgan fingerprint density at radius 3 is 2.56 bits per heavy atom. The van der Waals surface area contributed by atoms with Gasteiger partial charge in [-0.25, -0.2) is 4.57 Å². The van der Waals surface area contributed by atoms with Crippen LogP contribution in [0.15, 0.2) is 12.2 Å². The van der Waals surface area contributed by atoms with Crippen LogP contribution in [0.25, 0.3) is 0 Å². The minimum absolute atomic E-state index is 0.147. The first-order chi connectivity index (χ1) is 7.70. The van der Waals surface area contributed by atoms with Gasteiger partial charge in [0.2, 0.25) is 0 Å². The second-order valence-electron chi connectivity index (χ2n) is 3.64. The summed E-state index contributed by atoms with van der Waals surface area (Å²) in [7, 11) is -3.36. The molecular formula is C11H21O4P. The second-order valence-corrected chi connectivity index (χ2v) is 5.26. The van der Waals surface area contributed by atoms with Gasteiger partial charge in [-0.15, -0.1) is 0 Å². The molecule has 0 spiro atoms. The molecule has 0 fully saturated rings. The van der Waals surface area contributed by atoms with E-state index in [0.717, 1.165) is 25.7 Å². The molecule has 5 heteroatoms. The Balaban J connectivity index is 2.55. The molecule has 0 aliphatic heterocycles. The molecule has 0 aromatic heterocycles. The van der Waals surface area contributed by atoms with Crippen LogP contribution in [0, 0.1) is 0 Å². The maximum atomic E-state index is 12.1. The van der Waals surface area contributed by atoms with Gasteiger partial charge < -0.3 is 0 Å². The van der Waals surface area contributed by atoms with Gasteiger partial charge in [0.05, 0.1) is 19.3 Å². The van der Waals surface area contributed by atoms with Crippen molar-refractivity contribution in [3.05, 3.63) is 12.2 Å². The topological polar surface area (TPSA) is 44.8 Å². The fourth-order valence-electron chi connectivity index (χ4n) is 1.62. The van der Waals surface area contributed by atoms with Gasteiger partial charge in [0.25, 0.3) is 0 Å². The summed E-state index contributed by atoms with van der Waals surface area (Å²) in [6.07, 6.45) is 8.05. The van der Waals surface area contributed by atoms with Crippen molar-refractivity contribution in [3.63, 3.8) is 0 Å². The predicted molar refractivity (Wildman–Crippen MR) is 63.3 cm³/mol. The monoisotopic (exact) mass is 248 g/mol. The maximum Gasteiger partial charge on any atom is 0.475 e. The fraction of sp³-hybridized carbons (Fsp3) is 0.818. The molecule has 94 valence electrons. The van der Waals surface area contributed by atoms with Gasteiger partial charge in [0, 0.05) is 0 Å². The molecule has 0 N–H and O–H groups in total. The number of phosphoric acid groups is 1. The highest BCUT2D eigenvalue weighted by Gasteiger charge is 2.29. The molecule has 0 aromatic carbocycles. The Labute approximate surface area is 97.6 Å². The van der Waals surface area contributed by atoms with E-state index in [0.29, 0.717) is 13.2 Å². The van der Waals surface area contributed by atoms with Crippen molar-refractivity contribution in [1.82, 2.24) is 0 Å². The summed E-state index contributed by atoms with van der Waals surface area (Å²) in [6.45, 7) is 4.21. The van der Waals surface area contributed by atoms with Crippen molar-refractivity contribution in [3.8, 4) is 0 Å². The maximum absolute atomic E-state index is 12.1. The zero-order valence-electron chi connectivity index (χ0n) is 10.1. The molecule has 0 amide bonds. The first-order valence-corrected chi connectivity index (χ1v) is 7.40. The summed E-state index contributed by atoms with van der Waals surface area (Å²) in [5.74, 6) is 0. The van der Waals surface area contributed by atoms with Crippen LogP contribution in [0.5, 0.6) is 0 Å². The average Bonchev–Trinajstić information content (AvgIpc) is 2.46. The minimum atomic E-state index is -3.36. The lowest BCUT2D eigenvalue weighted by Crippen LogP contribution is -2.10. The number of phosphoric ester groups is 1. The molecule has 0 heterocycles. The summed E-state index contributed by atoms with van der Waals surface area (Å²) >= 11 is 0. The lowest BCUT2D eigenvalue weighted by molar-refractivity contribution is 0.0974. The lowest BCUT2D eigenvalue weighted by Gasteiger charge is -2.20. The van der Waals surface area contributed by atoms with E-state index in [1.807, 2.05) is 6.08 Å². The summed E-state index contributed by atoms with van der Waals surface area (Å²) in [5, 5.41) is 0. The van der Waals surface area contributed by atoms with Crippen LogP contribution in [0.4, 0.5) is 0 Å². The largest absolute Gasteiger partial charge is 0.475 e. The molecule has 4 nitrogen and oxygen atoms in total. The molecule has 1 aliphatic rings. The fourth-order valence-corrected chi connectivity index (χ4v) is 2.96. The van der Waals surface area contributed by atoms with Crippen LogP contribution in [0.1, 0.15) is 39.5 Å². The zero-order chi connectivity index (χ0) is 11.9. The lowest BCUT2D eigenvalue weighted by atomic mass is 10.2. The first-order valence-electron chi connectivity index (χ1n) is 5.94. The van der Waals surface area contributed by atoms with Gasteiger partial charge in [-0.1, -0.05) is 18.6 Å². The third kappa shape index (κ3) is 4.79. The molecule has 0 unspecified atom stereocenters. The first kappa shape index (κ1) is 13.9. The Hall–Kier alpha value is -0.150. The minimum Gasteiger partial charge on any atom is -0.287 e. The van der Waals surface area contributed by atoms with Gasteiger partial charge in [-0.3, -0.25) is 13.6 Å². The Bertz CT molecular complexity index is 255. The van der Waals surface area contributed by atoms with Crippen LogP contribution in [0.3, 0.4) is 0 Å². The van der Waals surface area contributed by atoms with Crippen LogP contribution in [-0.2, 0) is 18.1 Å². The van der Waals surface area contributed by atoms with E-state index in [1.54, 1.807) is 13.8 Å². The third-order valence-corrected chi connectivity index (χ3v) is 3.98. The van der Waals surface area contributed by atoms with E-state index in [9.17, 15) is 4.57 Å². The standard InChI is InChI=1S/C11H21O4P/c1-3-13-16(12,14-4-2)15-11-9-7-5-6-8-10-11/h7,9,11H,3-6,8,10H2,1-2H3/t11-/m0/s1. The van der Waals surface area contributed by atoms with E-state index >= 15 is 0 Å². The highest BCUT2D eigenvalue weighted by atomic mass is 31.2. The Morgan fingerprint density at radius 1 is 1.25 bits per heavy atom. The van der Waals surface area contributed by atoms with Crippen LogP contribution in [0.2, 0.25) is 0 Å². The molecule has 0 radical (unpaired) electrons. The Kier molecular flexibility index (Phi) is 6.29. The van der Waals surface area contributed by atoms with E-state index in [1.165, 1.54) is 0 Å². The summed E-state index contributed by atoms with van der Waals surface area (Å²) in [5.41, 5.74) is 0. The number of allylic oxidation sites excluding steroid dienone is 1. The van der Waals surface area contributed by atoms with Gasteiger partial charge in [0.15, 0.2) is 0 Å². The van der Waals surface area contributed by atoms with Crippen molar-refractivity contribution in [2.75, 3.05) is 13.2 Å². The van der Waals surface area contributed by atoms with E-state index in [4.69, 9.17) is 13.6 Å². The third-order valence-electron chi connectivity index (χ3n) is 2.30. The molecule has 16 heavy (non-hydrogen) atoms. The van der Waals surface area contributed by atoms with Crippen LogP contribution < -0.4 is 0 Å². The number of hydrogen-bond acceptors (Lipinski definition) is 4. The summed E-state index contributed by atoms with van der Waals surface area (Å²) in [4.78, 5) is 0. The quantitative estimate of drug-likeness (QED) is 0.531. The molecule has 0 bridgehead atoms. The predicted octanol–water partition coefficient (Wildman–Crippen LogP) is 3.68. The van der Waals surface area contributed by atoms with Crippen molar-refractivity contribution >= 4 is 7.82 Å². The van der Waals surface area contributed by atoms with Crippen LogP contribution >= 0.6 is 7.82 Å². The zero-order valence-corrected chi connectivity index (χ0v) is 10.9. The van der Waals surface area contributed by atoms with Crippen molar-refractivity contribution < 1.29 is 18.1 Å². The summed E-state index contributed by atoms with van der Waals surface area (Å²) < 4.78 is 27.7. The normalized spacial score (nSPS) is 22.0. The van der Waals surface area contributed by atoms with Gasteiger partial charge in [-0.2, -0.15) is 0 Å².